The van der Waals surface area contributed by atoms with E-state index in [1.54, 1.807) is 30.8 Å². The Labute approximate surface area is 186 Å². The van der Waals surface area contributed by atoms with Crippen molar-refractivity contribution in [2.75, 3.05) is 45.7 Å². The second-order valence-electron chi connectivity index (χ2n) is 6.49. The molecule has 0 aromatic heterocycles. The number of rotatable bonds is 8. The number of carbonyl (C=O) groups excluding carboxylic acids is 1. The van der Waals surface area contributed by atoms with Gasteiger partial charge in [-0.15, -0.1) is 24.0 Å². The van der Waals surface area contributed by atoms with Crippen LogP contribution in [0.1, 0.15) is 18.4 Å². The highest BCUT2D eigenvalue weighted by molar-refractivity contribution is 14.0. The first kappa shape index (κ1) is 23.6. The van der Waals surface area contributed by atoms with Crippen LogP contribution >= 0.6 is 51.7 Å². The third kappa shape index (κ3) is 6.92. The van der Waals surface area contributed by atoms with Gasteiger partial charge in [-0.1, -0.05) is 34.1 Å². The van der Waals surface area contributed by atoms with Crippen LogP contribution in [0.25, 0.3) is 0 Å². The number of nitrogens with zero attached hydrogens (tertiary/aromatic N) is 2. The lowest BCUT2D eigenvalue weighted by Gasteiger charge is -2.20. The number of benzene rings is 1. The van der Waals surface area contributed by atoms with E-state index in [1.165, 1.54) is 5.56 Å². The monoisotopic (exact) mass is 554 g/mol. The summed E-state index contributed by atoms with van der Waals surface area (Å²) in [4.78, 5) is 17.8. The Morgan fingerprint density at radius 3 is 2.58 bits per heavy atom. The molecule has 8 heteroatoms. The molecule has 0 bridgehead atoms. The van der Waals surface area contributed by atoms with Crippen LogP contribution in [0.2, 0.25) is 0 Å². The zero-order chi connectivity index (χ0) is 18.3. The Morgan fingerprint density at radius 2 is 2.00 bits per heavy atom. The van der Waals surface area contributed by atoms with Gasteiger partial charge in [0.25, 0.3) is 0 Å². The Kier molecular flexibility index (Phi) is 10.3. The molecule has 5 nitrogen and oxygen atoms in total. The molecule has 1 fully saturated rings. The molecule has 0 spiro atoms. The minimum Gasteiger partial charge on any atom is -0.356 e. The largest absolute Gasteiger partial charge is 0.356 e. The molecule has 2 N–H and O–H groups in total. The molecule has 0 heterocycles. The van der Waals surface area contributed by atoms with E-state index in [0.29, 0.717) is 5.96 Å². The van der Waals surface area contributed by atoms with Crippen LogP contribution in [0.5, 0.6) is 0 Å². The van der Waals surface area contributed by atoms with Gasteiger partial charge in [-0.2, -0.15) is 11.8 Å². The molecular weight excluding hydrogens is 527 g/mol. The molecule has 26 heavy (non-hydrogen) atoms. The number of amides is 1. The molecule has 1 amide bonds. The molecular formula is C18H28BrIN4OS. The van der Waals surface area contributed by atoms with Crippen molar-refractivity contribution in [1.29, 1.82) is 0 Å². The van der Waals surface area contributed by atoms with Gasteiger partial charge in [0.05, 0.1) is 0 Å². The normalized spacial score (nSPS) is 15.0. The van der Waals surface area contributed by atoms with Crippen molar-refractivity contribution in [1.82, 2.24) is 15.5 Å². The average molecular weight is 555 g/mol. The highest BCUT2D eigenvalue weighted by atomic mass is 127. The Hall–Kier alpha value is -0.480. The number of nitrogens with one attached hydrogen (secondary N) is 2. The third-order valence-electron chi connectivity index (χ3n) is 4.36. The zero-order valence-corrected chi connectivity index (χ0v) is 20.3. The molecule has 1 aliphatic rings. The Bertz CT molecular complexity index is 623. The van der Waals surface area contributed by atoms with Gasteiger partial charge in [-0.25, -0.2) is 4.99 Å². The number of hydrogen-bond acceptors (Lipinski definition) is 3. The predicted molar refractivity (Wildman–Crippen MR) is 126 cm³/mol. The summed E-state index contributed by atoms with van der Waals surface area (Å²) < 4.78 is 1.16. The predicted octanol–water partition coefficient (Wildman–Crippen LogP) is 3.09. The van der Waals surface area contributed by atoms with Crippen molar-refractivity contribution in [2.24, 2.45) is 4.99 Å². The SMILES string of the molecule is CSCCNC(=NCC(=O)N(C)C)NCC1(c2ccccc2Br)CC1.I. The van der Waals surface area contributed by atoms with Crippen LogP contribution in [-0.2, 0) is 10.2 Å². The van der Waals surface area contributed by atoms with Crippen LogP contribution in [0.15, 0.2) is 33.7 Å². The third-order valence-corrected chi connectivity index (χ3v) is 5.67. The van der Waals surface area contributed by atoms with E-state index in [1.807, 2.05) is 6.07 Å². The van der Waals surface area contributed by atoms with E-state index in [4.69, 9.17) is 0 Å². The maximum absolute atomic E-state index is 11.8. The van der Waals surface area contributed by atoms with Gasteiger partial charge in [-0.05, 0) is 30.7 Å². The second-order valence-corrected chi connectivity index (χ2v) is 8.33. The molecule has 0 saturated heterocycles. The lowest BCUT2D eigenvalue weighted by atomic mass is 9.96. The quantitative estimate of drug-likeness (QED) is 0.224. The summed E-state index contributed by atoms with van der Waals surface area (Å²) in [5.74, 6) is 1.71. The van der Waals surface area contributed by atoms with Crippen molar-refractivity contribution in [3.63, 3.8) is 0 Å². The number of hydrogen-bond donors (Lipinski definition) is 2. The topological polar surface area (TPSA) is 56.7 Å². The van der Waals surface area contributed by atoms with E-state index in [2.05, 4.69) is 56.0 Å². The first-order valence-electron chi connectivity index (χ1n) is 8.45. The van der Waals surface area contributed by atoms with Crippen LogP contribution in [0.3, 0.4) is 0 Å². The van der Waals surface area contributed by atoms with Crippen molar-refractivity contribution >= 4 is 63.5 Å². The van der Waals surface area contributed by atoms with Crippen molar-refractivity contribution in [3.8, 4) is 0 Å². The Morgan fingerprint density at radius 1 is 1.31 bits per heavy atom. The van der Waals surface area contributed by atoms with Gasteiger partial charge in [0, 0.05) is 42.8 Å². The summed E-state index contributed by atoms with van der Waals surface area (Å²) in [5, 5.41) is 6.76. The molecule has 146 valence electrons. The van der Waals surface area contributed by atoms with Crippen LogP contribution in [-0.4, -0.2) is 62.5 Å². The van der Waals surface area contributed by atoms with Crippen molar-refractivity contribution < 1.29 is 4.79 Å². The fraction of sp³-hybridized carbons (Fsp3) is 0.556. The number of thioether (sulfide) groups is 1. The molecule has 0 aliphatic heterocycles. The van der Waals surface area contributed by atoms with Crippen LogP contribution in [0.4, 0.5) is 0 Å². The number of guanidine groups is 1. The lowest BCUT2D eigenvalue weighted by Crippen LogP contribution is -2.43. The van der Waals surface area contributed by atoms with Crippen molar-refractivity contribution in [2.45, 2.75) is 18.3 Å². The molecule has 0 atom stereocenters. The molecule has 0 radical (unpaired) electrons. The lowest BCUT2D eigenvalue weighted by molar-refractivity contribution is -0.127. The van der Waals surface area contributed by atoms with Crippen molar-refractivity contribution in [3.05, 3.63) is 34.3 Å². The van der Waals surface area contributed by atoms with E-state index in [-0.39, 0.29) is 41.8 Å². The first-order chi connectivity index (χ1) is 12.0. The molecule has 1 aliphatic carbocycles. The maximum atomic E-state index is 11.8. The maximum Gasteiger partial charge on any atom is 0.243 e. The summed E-state index contributed by atoms with van der Waals surface area (Å²) in [6.07, 6.45) is 4.41. The van der Waals surface area contributed by atoms with Gasteiger partial charge in [0.2, 0.25) is 5.91 Å². The molecule has 2 rings (SSSR count). The van der Waals surface area contributed by atoms with E-state index in [0.717, 1.165) is 36.2 Å². The number of halogens is 2. The molecule has 1 aromatic rings. The van der Waals surface area contributed by atoms with Gasteiger partial charge >= 0.3 is 0 Å². The smallest absolute Gasteiger partial charge is 0.243 e. The van der Waals surface area contributed by atoms with Crippen LogP contribution < -0.4 is 10.6 Å². The number of carbonyl (C=O) groups is 1. The second kappa shape index (κ2) is 11.4. The van der Waals surface area contributed by atoms with E-state index < -0.39 is 0 Å². The van der Waals surface area contributed by atoms with E-state index in [9.17, 15) is 4.79 Å². The highest BCUT2D eigenvalue weighted by Gasteiger charge is 2.45. The number of likely N-dealkylation sites (N-methyl/N-ethyl adjacent to an activating group) is 1. The zero-order valence-electron chi connectivity index (χ0n) is 15.5. The van der Waals surface area contributed by atoms with Crippen LogP contribution in [0, 0.1) is 0 Å². The van der Waals surface area contributed by atoms with Gasteiger partial charge in [0.15, 0.2) is 5.96 Å². The summed E-state index contributed by atoms with van der Waals surface area (Å²) in [6.45, 7) is 1.80. The first-order valence-corrected chi connectivity index (χ1v) is 10.6. The standard InChI is InChI=1S/C18H27BrN4OS.HI/c1-23(2)16(24)12-21-17(20-10-11-25-3)22-13-18(8-9-18)14-6-4-5-7-15(14)19;/h4-7H,8-13H2,1-3H3,(H2,20,21,22);1H. The number of aliphatic imine (C=N–C) groups is 1. The summed E-state index contributed by atoms with van der Waals surface area (Å²) in [7, 11) is 3.50. The summed E-state index contributed by atoms with van der Waals surface area (Å²) in [5.41, 5.74) is 1.50. The van der Waals surface area contributed by atoms with Gasteiger partial charge in [-0.3, -0.25) is 4.79 Å². The summed E-state index contributed by atoms with van der Waals surface area (Å²) in [6, 6.07) is 8.41. The minimum absolute atomic E-state index is 0. The van der Waals surface area contributed by atoms with E-state index >= 15 is 0 Å². The van der Waals surface area contributed by atoms with Gasteiger partial charge in [0.1, 0.15) is 6.54 Å². The fourth-order valence-corrected chi connectivity index (χ4v) is 3.58. The Balaban J connectivity index is 0.00000338. The minimum atomic E-state index is -0.00194. The molecule has 1 aromatic carbocycles. The average Bonchev–Trinajstić information content (AvgIpc) is 3.38. The molecule has 1 saturated carbocycles. The highest BCUT2D eigenvalue weighted by Crippen LogP contribution is 2.49. The van der Waals surface area contributed by atoms with Gasteiger partial charge < -0.3 is 15.5 Å². The fourth-order valence-electron chi connectivity index (χ4n) is 2.57. The summed E-state index contributed by atoms with van der Waals surface area (Å²) >= 11 is 5.45. The molecule has 0 unspecified atom stereocenters.